The van der Waals surface area contributed by atoms with Crippen molar-refractivity contribution >= 4 is 27.3 Å². The third kappa shape index (κ3) is 2.79. The van der Waals surface area contributed by atoms with Gasteiger partial charge in [0.2, 0.25) is 0 Å². The van der Waals surface area contributed by atoms with Crippen LogP contribution in [-0.4, -0.2) is 23.1 Å². The molecule has 0 spiro atoms. The predicted molar refractivity (Wildman–Crippen MR) is 67.1 cm³/mol. The number of aromatic nitrogens is 2. The van der Waals surface area contributed by atoms with Crippen LogP contribution >= 0.6 is 11.6 Å². The molecule has 19 heavy (non-hydrogen) atoms. The minimum absolute atomic E-state index is 0.255. The van der Waals surface area contributed by atoms with Gasteiger partial charge in [0.1, 0.15) is 5.82 Å². The number of anilines is 1. The topological polar surface area (TPSA) is 84.2 Å². The molecule has 1 aromatic heterocycles. The number of benzene rings is 1. The van der Waals surface area contributed by atoms with Crippen LogP contribution in [0.1, 0.15) is 0 Å². The minimum Gasteiger partial charge on any atom is -0.504 e. The van der Waals surface area contributed by atoms with Crippen LogP contribution < -0.4 is 4.72 Å². The van der Waals surface area contributed by atoms with E-state index >= 15 is 0 Å². The number of hydrogen-bond acceptors (Lipinski definition) is 4. The summed E-state index contributed by atoms with van der Waals surface area (Å²) in [5.74, 6) is -1.33. The molecule has 0 aliphatic carbocycles. The van der Waals surface area contributed by atoms with Gasteiger partial charge in [0.15, 0.2) is 10.8 Å². The highest BCUT2D eigenvalue weighted by Crippen LogP contribution is 2.33. The highest BCUT2D eigenvalue weighted by atomic mass is 35.5. The molecular weight excluding hydrogens is 297 g/mol. The maximum Gasteiger partial charge on any atom is 0.281 e. The molecule has 9 heteroatoms. The Kier molecular flexibility index (Phi) is 3.38. The Morgan fingerprint density at radius 3 is 2.74 bits per heavy atom. The summed E-state index contributed by atoms with van der Waals surface area (Å²) in [7, 11) is -2.42. The monoisotopic (exact) mass is 305 g/mol. The van der Waals surface area contributed by atoms with Crippen molar-refractivity contribution < 1.29 is 17.9 Å². The maximum absolute atomic E-state index is 13.1. The number of aryl methyl sites for hydroxylation is 1. The van der Waals surface area contributed by atoms with Crippen molar-refractivity contribution in [3.05, 3.63) is 35.5 Å². The number of aromatic hydroxyl groups is 1. The molecule has 0 saturated carbocycles. The van der Waals surface area contributed by atoms with Crippen LogP contribution in [0, 0.1) is 5.82 Å². The highest BCUT2D eigenvalue weighted by molar-refractivity contribution is 7.92. The van der Waals surface area contributed by atoms with Gasteiger partial charge >= 0.3 is 0 Å². The molecule has 0 aliphatic rings. The van der Waals surface area contributed by atoms with Crippen LogP contribution in [0.25, 0.3) is 0 Å². The summed E-state index contributed by atoms with van der Waals surface area (Å²) in [6.45, 7) is 0. The average Bonchev–Trinajstić information content (AvgIpc) is 2.72. The SMILES string of the molecule is Cn1cnc(S(=O)(=O)Nc2cc(F)cc(Cl)c2O)c1. The molecule has 0 radical (unpaired) electrons. The number of hydrogen-bond donors (Lipinski definition) is 2. The van der Waals surface area contributed by atoms with Gasteiger partial charge in [-0.15, -0.1) is 0 Å². The Bertz CT molecular complexity index is 730. The van der Waals surface area contributed by atoms with Crippen molar-refractivity contribution in [1.82, 2.24) is 9.55 Å². The van der Waals surface area contributed by atoms with Gasteiger partial charge in [-0.3, -0.25) is 4.72 Å². The lowest BCUT2D eigenvalue weighted by Crippen LogP contribution is -2.13. The molecule has 1 heterocycles. The van der Waals surface area contributed by atoms with Gasteiger partial charge in [-0.1, -0.05) is 11.6 Å². The molecule has 0 atom stereocenters. The molecule has 0 unspecified atom stereocenters. The molecule has 2 N–H and O–H groups in total. The van der Waals surface area contributed by atoms with Crippen LogP contribution in [0.3, 0.4) is 0 Å². The van der Waals surface area contributed by atoms with Gasteiger partial charge in [0, 0.05) is 19.3 Å². The van der Waals surface area contributed by atoms with E-state index in [0.717, 1.165) is 12.1 Å². The van der Waals surface area contributed by atoms with E-state index in [2.05, 4.69) is 4.98 Å². The molecule has 2 rings (SSSR count). The van der Waals surface area contributed by atoms with E-state index in [1.165, 1.54) is 17.1 Å². The lowest BCUT2D eigenvalue weighted by atomic mass is 10.3. The van der Waals surface area contributed by atoms with E-state index in [1.54, 1.807) is 7.05 Å². The summed E-state index contributed by atoms with van der Waals surface area (Å²) < 4.78 is 40.4. The largest absolute Gasteiger partial charge is 0.504 e. The van der Waals surface area contributed by atoms with E-state index in [4.69, 9.17) is 11.6 Å². The van der Waals surface area contributed by atoms with Crippen LogP contribution in [0.5, 0.6) is 5.75 Å². The second kappa shape index (κ2) is 4.71. The zero-order valence-electron chi connectivity index (χ0n) is 9.63. The summed E-state index contributed by atoms with van der Waals surface area (Å²) in [6.07, 6.45) is 2.56. The zero-order chi connectivity index (χ0) is 14.2. The Hall–Kier alpha value is -1.80. The maximum atomic E-state index is 13.1. The third-order valence-corrected chi connectivity index (χ3v) is 3.77. The first-order valence-electron chi connectivity index (χ1n) is 4.98. The quantitative estimate of drug-likeness (QED) is 0.846. The predicted octanol–water partition coefficient (Wildman–Crippen LogP) is 1.72. The number of rotatable bonds is 3. The lowest BCUT2D eigenvalue weighted by molar-refractivity contribution is 0.476. The van der Waals surface area contributed by atoms with Crippen molar-refractivity contribution in [2.24, 2.45) is 7.05 Å². The summed E-state index contributed by atoms with van der Waals surface area (Å²) in [4.78, 5) is 3.66. The van der Waals surface area contributed by atoms with Crippen LogP contribution in [0.4, 0.5) is 10.1 Å². The average molecular weight is 306 g/mol. The van der Waals surface area contributed by atoms with Gasteiger partial charge in [-0.05, 0) is 6.07 Å². The number of sulfonamides is 1. The molecular formula is C10H9ClFN3O3S. The van der Waals surface area contributed by atoms with Gasteiger partial charge in [-0.25, -0.2) is 9.37 Å². The second-order valence-corrected chi connectivity index (χ2v) is 5.80. The Labute approximate surface area is 113 Å². The molecule has 0 saturated heterocycles. The Morgan fingerprint density at radius 2 is 2.16 bits per heavy atom. The Morgan fingerprint density at radius 1 is 1.47 bits per heavy atom. The van der Waals surface area contributed by atoms with E-state index in [1.807, 2.05) is 4.72 Å². The summed E-state index contributed by atoms with van der Waals surface area (Å²) in [6, 6.07) is 1.69. The fourth-order valence-corrected chi connectivity index (χ4v) is 2.62. The van der Waals surface area contributed by atoms with Gasteiger partial charge in [-0.2, -0.15) is 8.42 Å². The van der Waals surface area contributed by atoms with Crippen molar-refractivity contribution in [3.8, 4) is 5.75 Å². The van der Waals surface area contributed by atoms with Crippen molar-refractivity contribution in [1.29, 1.82) is 0 Å². The summed E-state index contributed by atoms with van der Waals surface area (Å²) >= 11 is 5.55. The molecule has 0 fully saturated rings. The number of imidazole rings is 1. The molecule has 0 aliphatic heterocycles. The first-order valence-corrected chi connectivity index (χ1v) is 6.84. The van der Waals surface area contributed by atoms with Gasteiger partial charge in [0.25, 0.3) is 10.0 Å². The first-order chi connectivity index (χ1) is 8.79. The number of phenols is 1. The molecule has 1 aromatic carbocycles. The number of nitrogens with zero attached hydrogens (tertiary/aromatic N) is 2. The van der Waals surface area contributed by atoms with Crippen LogP contribution in [0.15, 0.2) is 29.7 Å². The molecule has 2 aromatic rings. The van der Waals surface area contributed by atoms with Gasteiger partial charge < -0.3 is 9.67 Å². The number of phenolic OH excluding ortho intramolecular Hbond substituents is 1. The Balaban J connectivity index is 2.41. The summed E-state index contributed by atoms with van der Waals surface area (Å²) in [5.41, 5.74) is -0.351. The number of nitrogens with one attached hydrogen (secondary N) is 1. The fraction of sp³-hybridized carbons (Fsp3) is 0.100. The minimum atomic E-state index is -4.02. The van der Waals surface area contributed by atoms with E-state index in [-0.39, 0.29) is 15.7 Å². The summed E-state index contributed by atoms with van der Waals surface area (Å²) in [5, 5.41) is 9.04. The van der Waals surface area contributed by atoms with E-state index in [0.29, 0.717) is 0 Å². The van der Waals surface area contributed by atoms with Crippen molar-refractivity contribution in [3.63, 3.8) is 0 Å². The van der Waals surface area contributed by atoms with Crippen LogP contribution in [-0.2, 0) is 17.1 Å². The lowest BCUT2D eigenvalue weighted by Gasteiger charge is -2.09. The first kappa shape index (κ1) is 13.6. The highest BCUT2D eigenvalue weighted by Gasteiger charge is 2.20. The number of halogens is 2. The van der Waals surface area contributed by atoms with E-state index in [9.17, 15) is 17.9 Å². The van der Waals surface area contributed by atoms with Gasteiger partial charge in [0.05, 0.1) is 17.0 Å². The van der Waals surface area contributed by atoms with Crippen molar-refractivity contribution in [2.45, 2.75) is 5.03 Å². The molecule has 0 amide bonds. The van der Waals surface area contributed by atoms with Crippen molar-refractivity contribution in [2.75, 3.05) is 4.72 Å². The zero-order valence-corrected chi connectivity index (χ0v) is 11.2. The standard InChI is InChI=1S/C10H9ClFN3O3S/c1-15-4-9(13-5-15)19(17,18)14-8-3-6(12)2-7(11)10(8)16/h2-5,14,16H,1H3. The van der Waals surface area contributed by atoms with Crippen LogP contribution in [0.2, 0.25) is 5.02 Å². The second-order valence-electron chi connectivity index (χ2n) is 3.77. The third-order valence-electron chi connectivity index (χ3n) is 2.23. The molecule has 0 bridgehead atoms. The normalized spacial score (nSPS) is 11.5. The molecule has 6 nitrogen and oxygen atoms in total. The van der Waals surface area contributed by atoms with E-state index < -0.39 is 21.6 Å². The smallest absolute Gasteiger partial charge is 0.281 e. The fourth-order valence-electron chi connectivity index (χ4n) is 1.37. The molecule has 102 valence electrons.